The standard InChI is InChI=1S/C60H67N3O2/c1-7-11-18-46(9-3)42-64-56-24-16-20-48(39-56)28-32-53-41-58(54(38-45(53)6)33-29-49-21-17-25-57(40-49)65-43-47(10-4)19-12-8-2)50-34-36-52(37-35-50)60-62-61-59(51-30-26-44(5)27-31-51)63(60)55-22-14-13-15-23-55/h13-17,20-41,46-47H,7-12,18-19,42-43H2,1-6H3/b32-28?,33-29+. The zero-order valence-corrected chi connectivity index (χ0v) is 39.5. The molecule has 7 aromatic rings. The molecule has 2 unspecified atom stereocenters. The molecule has 0 N–H and O–H groups in total. The van der Waals surface area contributed by atoms with Gasteiger partial charge < -0.3 is 9.47 Å². The first-order chi connectivity index (χ1) is 31.8. The molecule has 334 valence electrons. The Kier molecular flexibility index (Phi) is 16.8. The summed E-state index contributed by atoms with van der Waals surface area (Å²) < 4.78 is 14.8. The van der Waals surface area contributed by atoms with E-state index in [0.717, 1.165) is 99.4 Å². The monoisotopic (exact) mass is 862 g/mol. The van der Waals surface area contributed by atoms with Gasteiger partial charge in [-0.25, -0.2) is 0 Å². The summed E-state index contributed by atoms with van der Waals surface area (Å²) in [5.41, 5.74) is 12.2. The van der Waals surface area contributed by atoms with Gasteiger partial charge in [-0.2, -0.15) is 0 Å². The number of aryl methyl sites for hydroxylation is 2. The van der Waals surface area contributed by atoms with Gasteiger partial charge in [-0.05, 0) is 120 Å². The minimum Gasteiger partial charge on any atom is -0.493 e. The summed E-state index contributed by atoms with van der Waals surface area (Å²) in [5, 5.41) is 9.53. The summed E-state index contributed by atoms with van der Waals surface area (Å²) in [4.78, 5) is 0. The second kappa shape index (κ2) is 23.5. The van der Waals surface area contributed by atoms with E-state index in [9.17, 15) is 0 Å². The average Bonchev–Trinajstić information content (AvgIpc) is 3.79. The van der Waals surface area contributed by atoms with E-state index in [1.807, 2.05) is 6.07 Å². The van der Waals surface area contributed by atoms with Crippen molar-refractivity contribution in [2.45, 2.75) is 92.9 Å². The van der Waals surface area contributed by atoms with Gasteiger partial charge in [-0.1, -0.05) is 193 Å². The van der Waals surface area contributed by atoms with Crippen molar-refractivity contribution in [2.24, 2.45) is 11.8 Å². The van der Waals surface area contributed by atoms with Gasteiger partial charge in [-0.3, -0.25) is 4.57 Å². The van der Waals surface area contributed by atoms with Crippen molar-refractivity contribution in [1.29, 1.82) is 0 Å². The Hall–Kier alpha value is -6.46. The highest BCUT2D eigenvalue weighted by molar-refractivity contribution is 5.85. The van der Waals surface area contributed by atoms with Crippen LogP contribution < -0.4 is 9.47 Å². The normalized spacial score (nSPS) is 12.5. The van der Waals surface area contributed by atoms with Crippen LogP contribution in [0.15, 0.2) is 140 Å². The molecule has 0 fully saturated rings. The third-order valence-corrected chi connectivity index (χ3v) is 12.6. The van der Waals surface area contributed by atoms with Crippen LogP contribution in [0.2, 0.25) is 0 Å². The molecule has 2 atom stereocenters. The van der Waals surface area contributed by atoms with Crippen molar-refractivity contribution in [1.82, 2.24) is 14.8 Å². The van der Waals surface area contributed by atoms with Gasteiger partial charge in [0.15, 0.2) is 11.6 Å². The van der Waals surface area contributed by atoms with Crippen LogP contribution in [-0.2, 0) is 0 Å². The number of nitrogens with zero attached hydrogens (tertiary/aromatic N) is 3. The molecule has 0 saturated carbocycles. The van der Waals surface area contributed by atoms with Gasteiger partial charge in [0.05, 0.1) is 13.2 Å². The molecule has 0 amide bonds. The molecular formula is C60H67N3O2. The minimum atomic E-state index is 0.578. The lowest BCUT2D eigenvalue weighted by Gasteiger charge is -2.16. The lowest BCUT2D eigenvalue weighted by atomic mass is 9.92. The van der Waals surface area contributed by atoms with Crippen LogP contribution in [0.25, 0.3) is 63.9 Å². The summed E-state index contributed by atoms with van der Waals surface area (Å²) in [7, 11) is 0. The maximum atomic E-state index is 6.35. The summed E-state index contributed by atoms with van der Waals surface area (Å²) in [6, 6.07) is 49.1. The smallest absolute Gasteiger partial charge is 0.168 e. The number of para-hydroxylation sites is 1. The molecule has 0 bridgehead atoms. The Labute approximate surface area is 388 Å². The Morgan fingerprint density at radius 3 is 1.54 bits per heavy atom. The Morgan fingerprint density at radius 1 is 0.508 bits per heavy atom. The van der Waals surface area contributed by atoms with Gasteiger partial charge in [0, 0.05) is 16.8 Å². The van der Waals surface area contributed by atoms with E-state index in [1.165, 1.54) is 49.7 Å². The molecule has 0 radical (unpaired) electrons. The Bertz CT molecular complexity index is 2620. The number of hydrogen-bond acceptors (Lipinski definition) is 4. The van der Waals surface area contributed by atoms with Crippen molar-refractivity contribution in [2.75, 3.05) is 13.2 Å². The second-order valence-electron chi connectivity index (χ2n) is 17.5. The van der Waals surface area contributed by atoms with Gasteiger partial charge >= 0.3 is 0 Å². The molecule has 0 aliphatic rings. The largest absolute Gasteiger partial charge is 0.493 e. The van der Waals surface area contributed by atoms with E-state index >= 15 is 0 Å². The molecule has 7 rings (SSSR count). The maximum Gasteiger partial charge on any atom is 0.168 e. The molecule has 1 aromatic heterocycles. The first-order valence-corrected chi connectivity index (χ1v) is 24.0. The van der Waals surface area contributed by atoms with E-state index in [4.69, 9.17) is 19.7 Å². The molecule has 0 aliphatic carbocycles. The lowest BCUT2D eigenvalue weighted by Crippen LogP contribution is -2.11. The first kappa shape index (κ1) is 46.5. The Balaban J connectivity index is 1.21. The highest BCUT2D eigenvalue weighted by atomic mass is 16.5. The highest BCUT2D eigenvalue weighted by Crippen LogP contribution is 2.34. The van der Waals surface area contributed by atoms with Crippen LogP contribution in [0.5, 0.6) is 11.5 Å². The minimum absolute atomic E-state index is 0.578. The summed E-state index contributed by atoms with van der Waals surface area (Å²) >= 11 is 0. The van der Waals surface area contributed by atoms with Crippen LogP contribution >= 0.6 is 0 Å². The molecule has 65 heavy (non-hydrogen) atoms. The van der Waals surface area contributed by atoms with Crippen LogP contribution in [0, 0.1) is 25.7 Å². The fourth-order valence-corrected chi connectivity index (χ4v) is 8.31. The Morgan fingerprint density at radius 2 is 1.02 bits per heavy atom. The molecule has 1 heterocycles. The van der Waals surface area contributed by atoms with Crippen LogP contribution in [0.4, 0.5) is 0 Å². The SMILES string of the molecule is CCCCC(CC)COc1cccc(C=Cc2cc(-c3ccc(-c4nnc(-c5ccc(C)cc5)n4-c4ccccc4)cc3)c(/C=C/c3cccc(OCC(CC)CCCC)c3)cc2C)c1. The van der Waals surface area contributed by atoms with E-state index in [1.54, 1.807) is 0 Å². The van der Waals surface area contributed by atoms with Crippen LogP contribution in [-0.4, -0.2) is 28.0 Å². The average molecular weight is 862 g/mol. The zero-order chi connectivity index (χ0) is 45.4. The third-order valence-electron chi connectivity index (χ3n) is 12.6. The first-order valence-electron chi connectivity index (χ1n) is 24.0. The number of benzene rings is 6. The van der Waals surface area contributed by atoms with E-state index in [-0.39, 0.29) is 0 Å². The predicted molar refractivity (Wildman–Crippen MR) is 275 cm³/mol. The fraction of sp³-hybridized carbons (Fsp3) is 0.300. The maximum absolute atomic E-state index is 6.35. The number of unbranched alkanes of at least 4 members (excludes halogenated alkanes) is 2. The van der Waals surface area contributed by atoms with E-state index in [2.05, 4.69) is 204 Å². The topological polar surface area (TPSA) is 49.2 Å². The highest BCUT2D eigenvalue weighted by Gasteiger charge is 2.18. The van der Waals surface area contributed by atoms with Crippen molar-refractivity contribution in [3.05, 3.63) is 173 Å². The molecule has 0 spiro atoms. The van der Waals surface area contributed by atoms with Crippen LogP contribution in [0.1, 0.15) is 112 Å². The predicted octanol–water partition coefficient (Wildman–Crippen LogP) is 16.4. The van der Waals surface area contributed by atoms with Gasteiger partial charge in [0.25, 0.3) is 0 Å². The molecule has 5 nitrogen and oxygen atoms in total. The number of aromatic nitrogens is 3. The molecule has 0 aliphatic heterocycles. The number of hydrogen-bond donors (Lipinski definition) is 0. The van der Waals surface area contributed by atoms with Gasteiger partial charge in [0.1, 0.15) is 11.5 Å². The van der Waals surface area contributed by atoms with Crippen molar-refractivity contribution in [3.8, 4) is 51.1 Å². The quantitative estimate of drug-likeness (QED) is 0.0637. The number of ether oxygens (including phenoxy) is 2. The van der Waals surface area contributed by atoms with E-state index < -0.39 is 0 Å². The van der Waals surface area contributed by atoms with Crippen molar-refractivity contribution < 1.29 is 9.47 Å². The third kappa shape index (κ3) is 12.6. The molecular weight excluding hydrogens is 795 g/mol. The van der Waals surface area contributed by atoms with Crippen LogP contribution in [0.3, 0.4) is 0 Å². The molecule has 0 saturated heterocycles. The van der Waals surface area contributed by atoms with Crippen molar-refractivity contribution in [3.63, 3.8) is 0 Å². The van der Waals surface area contributed by atoms with E-state index in [0.29, 0.717) is 11.8 Å². The summed E-state index contributed by atoms with van der Waals surface area (Å²) in [6.07, 6.45) is 18.5. The molecule has 5 heteroatoms. The summed E-state index contributed by atoms with van der Waals surface area (Å²) in [5.74, 6) is 4.60. The molecule has 6 aromatic carbocycles. The van der Waals surface area contributed by atoms with Gasteiger partial charge in [0.2, 0.25) is 0 Å². The number of rotatable bonds is 22. The fourth-order valence-electron chi connectivity index (χ4n) is 8.31. The second-order valence-corrected chi connectivity index (χ2v) is 17.5. The van der Waals surface area contributed by atoms with Crippen molar-refractivity contribution >= 4 is 24.3 Å². The zero-order valence-electron chi connectivity index (χ0n) is 39.5. The lowest BCUT2D eigenvalue weighted by molar-refractivity contribution is 0.233. The van der Waals surface area contributed by atoms with Gasteiger partial charge in [-0.15, -0.1) is 10.2 Å². The summed E-state index contributed by atoms with van der Waals surface area (Å²) in [6.45, 7) is 14.9.